The Morgan fingerprint density at radius 3 is 2.63 bits per heavy atom. The number of morpholine rings is 1. The molecule has 0 aliphatic carbocycles. The first-order valence-corrected chi connectivity index (χ1v) is 10.9. The van der Waals surface area contributed by atoms with Crippen LogP contribution < -0.4 is 14.8 Å². The minimum absolute atomic E-state index is 0.144. The van der Waals surface area contributed by atoms with Crippen LogP contribution >= 0.6 is 0 Å². The molecule has 0 radical (unpaired) electrons. The Hall–Kier alpha value is -2.88. The van der Waals surface area contributed by atoms with Crippen molar-refractivity contribution in [2.24, 2.45) is 0 Å². The van der Waals surface area contributed by atoms with Gasteiger partial charge in [-0.1, -0.05) is 12.1 Å². The van der Waals surface area contributed by atoms with E-state index in [0.29, 0.717) is 43.5 Å². The first kappa shape index (κ1) is 20.4. The molecule has 1 saturated heterocycles. The van der Waals surface area contributed by atoms with Crippen molar-refractivity contribution in [1.82, 2.24) is 4.31 Å². The molecule has 158 valence electrons. The average molecular weight is 430 g/mol. The maximum absolute atomic E-state index is 12.9. The summed E-state index contributed by atoms with van der Waals surface area (Å²) < 4.78 is 42.9. The molecule has 0 unspecified atom stereocenters. The van der Waals surface area contributed by atoms with Crippen molar-refractivity contribution < 1.29 is 27.4 Å². The minimum Gasteiger partial charge on any atom is -0.454 e. The van der Waals surface area contributed by atoms with Crippen LogP contribution in [0.15, 0.2) is 47.4 Å². The number of carbonyl (C=O) groups is 1. The van der Waals surface area contributed by atoms with Gasteiger partial charge in [0.2, 0.25) is 22.7 Å². The lowest BCUT2D eigenvalue weighted by atomic mass is 10.2. The minimum atomic E-state index is -3.64. The standard InChI is InChI=1S/C21H22N2O6S/c1-15-2-5-17(30(25,26)23-8-10-27-11-9-23)13-18(15)22-21(24)7-4-16-3-6-19-20(12-16)29-14-28-19/h2-7,12-13H,8-11,14H2,1H3,(H,22,24). The van der Waals surface area contributed by atoms with Crippen LogP contribution in [0.1, 0.15) is 11.1 Å². The first-order valence-electron chi connectivity index (χ1n) is 9.51. The van der Waals surface area contributed by atoms with Crippen LogP contribution in [-0.4, -0.2) is 51.7 Å². The normalized spacial score (nSPS) is 16.7. The molecule has 9 heteroatoms. The highest BCUT2D eigenvalue weighted by Gasteiger charge is 2.26. The fraction of sp³-hybridized carbons (Fsp3) is 0.286. The number of amides is 1. The predicted octanol–water partition coefficient (Wildman–Crippen LogP) is 2.40. The predicted molar refractivity (Wildman–Crippen MR) is 111 cm³/mol. The monoisotopic (exact) mass is 430 g/mol. The summed E-state index contributed by atoms with van der Waals surface area (Å²) in [5.74, 6) is 0.941. The van der Waals surface area contributed by atoms with Crippen molar-refractivity contribution in [3.63, 3.8) is 0 Å². The summed E-state index contributed by atoms with van der Waals surface area (Å²) in [5, 5.41) is 2.76. The summed E-state index contributed by atoms with van der Waals surface area (Å²) in [5.41, 5.74) is 2.00. The van der Waals surface area contributed by atoms with E-state index in [4.69, 9.17) is 14.2 Å². The fourth-order valence-corrected chi connectivity index (χ4v) is 4.63. The quantitative estimate of drug-likeness (QED) is 0.732. The molecule has 0 aromatic heterocycles. The number of sulfonamides is 1. The highest BCUT2D eigenvalue weighted by Crippen LogP contribution is 2.32. The molecular weight excluding hydrogens is 408 g/mol. The Balaban J connectivity index is 1.48. The van der Waals surface area contributed by atoms with Crippen molar-refractivity contribution >= 4 is 27.7 Å². The van der Waals surface area contributed by atoms with E-state index in [9.17, 15) is 13.2 Å². The maximum Gasteiger partial charge on any atom is 0.248 e. The van der Waals surface area contributed by atoms with E-state index in [0.717, 1.165) is 11.1 Å². The van der Waals surface area contributed by atoms with Gasteiger partial charge < -0.3 is 19.5 Å². The molecule has 1 N–H and O–H groups in total. The van der Waals surface area contributed by atoms with E-state index in [1.807, 2.05) is 13.0 Å². The van der Waals surface area contributed by atoms with Crippen LogP contribution in [0.2, 0.25) is 0 Å². The molecule has 0 spiro atoms. The van der Waals surface area contributed by atoms with Gasteiger partial charge in [-0.25, -0.2) is 8.42 Å². The van der Waals surface area contributed by atoms with E-state index in [1.165, 1.54) is 16.4 Å². The zero-order valence-corrected chi connectivity index (χ0v) is 17.3. The van der Waals surface area contributed by atoms with Gasteiger partial charge in [-0.2, -0.15) is 4.31 Å². The van der Waals surface area contributed by atoms with Crippen molar-refractivity contribution in [2.45, 2.75) is 11.8 Å². The van der Waals surface area contributed by atoms with Gasteiger partial charge in [-0.15, -0.1) is 0 Å². The number of carbonyl (C=O) groups excluding carboxylic acids is 1. The van der Waals surface area contributed by atoms with Gasteiger partial charge in [-0.05, 0) is 48.4 Å². The molecular formula is C21H22N2O6S. The van der Waals surface area contributed by atoms with Crippen LogP contribution in [0.4, 0.5) is 5.69 Å². The van der Waals surface area contributed by atoms with Crippen LogP contribution in [-0.2, 0) is 19.6 Å². The highest BCUT2D eigenvalue weighted by atomic mass is 32.2. The van der Waals surface area contributed by atoms with Crippen molar-refractivity contribution in [3.8, 4) is 11.5 Å². The lowest BCUT2D eigenvalue weighted by Crippen LogP contribution is -2.40. The lowest BCUT2D eigenvalue weighted by molar-refractivity contribution is -0.111. The molecule has 1 fully saturated rings. The third-order valence-electron chi connectivity index (χ3n) is 4.90. The molecule has 30 heavy (non-hydrogen) atoms. The second-order valence-corrected chi connectivity index (χ2v) is 8.87. The van der Waals surface area contributed by atoms with Crippen molar-refractivity contribution in [3.05, 3.63) is 53.6 Å². The molecule has 0 saturated carbocycles. The Morgan fingerprint density at radius 1 is 1.07 bits per heavy atom. The second kappa shape index (κ2) is 8.47. The Morgan fingerprint density at radius 2 is 1.83 bits per heavy atom. The SMILES string of the molecule is Cc1ccc(S(=O)(=O)N2CCOCC2)cc1NC(=O)C=Cc1ccc2c(c1)OCO2. The summed E-state index contributed by atoms with van der Waals surface area (Å²) in [6.07, 6.45) is 3.04. The zero-order chi connectivity index (χ0) is 21.1. The van der Waals surface area contributed by atoms with Gasteiger partial charge in [0.1, 0.15) is 0 Å². The van der Waals surface area contributed by atoms with E-state index < -0.39 is 10.0 Å². The van der Waals surface area contributed by atoms with Gasteiger partial charge in [0, 0.05) is 24.9 Å². The summed E-state index contributed by atoms with van der Waals surface area (Å²) in [6, 6.07) is 10.1. The molecule has 8 nitrogen and oxygen atoms in total. The summed E-state index contributed by atoms with van der Waals surface area (Å²) in [7, 11) is -3.64. The van der Waals surface area contributed by atoms with Crippen LogP contribution in [0, 0.1) is 6.92 Å². The molecule has 2 heterocycles. The molecule has 4 rings (SSSR count). The van der Waals surface area contributed by atoms with E-state index in [2.05, 4.69) is 5.32 Å². The van der Waals surface area contributed by atoms with Crippen LogP contribution in [0.25, 0.3) is 6.08 Å². The van der Waals surface area contributed by atoms with Gasteiger partial charge in [0.15, 0.2) is 11.5 Å². The van der Waals surface area contributed by atoms with Gasteiger partial charge >= 0.3 is 0 Å². The zero-order valence-electron chi connectivity index (χ0n) is 16.5. The number of nitrogens with zero attached hydrogens (tertiary/aromatic N) is 1. The third kappa shape index (κ3) is 4.33. The Kier molecular flexibility index (Phi) is 5.76. The third-order valence-corrected chi connectivity index (χ3v) is 6.79. The number of benzene rings is 2. The summed E-state index contributed by atoms with van der Waals surface area (Å²) in [6.45, 7) is 3.37. The van der Waals surface area contributed by atoms with Crippen molar-refractivity contribution in [1.29, 1.82) is 0 Å². The number of rotatable bonds is 5. The molecule has 2 aliphatic rings. The van der Waals surface area contributed by atoms with Gasteiger partial charge in [-0.3, -0.25) is 4.79 Å². The van der Waals surface area contributed by atoms with E-state index in [1.54, 1.807) is 30.3 Å². The summed E-state index contributed by atoms with van der Waals surface area (Å²) in [4.78, 5) is 12.5. The molecule has 0 atom stereocenters. The smallest absolute Gasteiger partial charge is 0.248 e. The van der Waals surface area contributed by atoms with E-state index >= 15 is 0 Å². The molecule has 1 amide bonds. The molecule has 2 aromatic carbocycles. The number of nitrogens with one attached hydrogen (secondary N) is 1. The molecule has 0 bridgehead atoms. The molecule has 2 aromatic rings. The van der Waals surface area contributed by atoms with E-state index in [-0.39, 0.29) is 17.6 Å². The fourth-order valence-electron chi connectivity index (χ4n) is 3.20. The Bertz CT molecular complexity index is 1090. The second-order valence-electron chi connectivity index (χ2n) is 6.93. The van der Waals surface area contributed by atoms with Gasteiger partial charge in [0.05, 0.1) is 18.1 Å². The lowest BCUT2D eigenvalue weighted by Gasteiger charge is -2.26. The number of hydrogen-bond donors (Lipinski definition) is 1. The van der Waals surface area contributed by atoms with Gasteiger partial charge in [0.25, 0.3) is 0 Å². The van der Waals surface area contributed by atoms with Crippen LogP contribution in [0.5, 0.6) is 11.5 Å². The van der Waals surface area contributed by atoms with Crippen molar-refractivity contribution in [2.75, 3.05) is 38.4 Å². The topological polar surface area (TPSA) is 94.2 Å². The number of hydrogen-bond acceptors (Lipinski definition) is 6. The first-order chi connectivity index (χ1) is 14.4. The maximum atomic E-state index is 12.9. The average Bonchev–Trinajstić information content (AvgIpc) is 3.22. The summed E-state index contributed by atoms with van der Waals surface area (Å²) >= 11 is 0. The largest absolute Gasteiger partial charge is 0.454 e. The number of anilines is 1. The Labute approximate surface area is 175 Å². The van der Waals surface area contributed by atoms with Crippen LogP contribution in [0.3, 0.4) is 0 Å². The number of aryl methyl sites for hydroxylation is 1. The number of fused-ring (bicyclic) bond motifs is 1. The number of ether oxygens (including phenoxy) is 3. The highest BCUT2D eigenvalue weighted by molar-refractivity contribution is 7.89. The molecule has 2 aliphatic heterocycles.